The second-order valence-electron chi connectivity index (χ2n) is 10.8. The quantitative estimate of drug-likeness (QED) is 0.221. The van der Waals surface area contributed by atoms with Crippen molar-refractivity contribution in [3.05, 3.63) is 115 Å². The van der Waals surface area contributed by atoms with Gasteiger partial charge in [0.1, 0.15) is 22.7 Å². The molecule has 0 saturated carbocycles. The number of furan rings is 1. The van der Waals surface area contributed by atoms with Crippen LogP contribution in [0, 0.1) is 0 Å². The van der Waals surface area contributed by atoms with Crippen LogP contribution in [-0.2, 0) is 7.05 Å². The summed E-state index contributed by atoms with van der Waals surface area (Å²) in [5.41, 5.74) is 6.71. The van der Waals surface area contributed by atoms with Gasteiger partial charge in [-0.2, -0.15) is 0 Å². The molecule has 0 bridgehead atoms. The lowest BCUT2D eigenvalue weighted by Gasteiger charge is -2.12. The number of rotatable bonds is 2. The monoisotopic (exact) mass is 541 g/mol. The van der Waals surface area contributed by atoms with E-state index in [0.717, 1.165) is 71.1 Å². The van der Waals surface area contributed by atoms with E-state index in [1.165, 1.54) is 0 Å². The van der Waals surface area contributed by atoms with Crippen LogP contribution in [-0.4, -0.2) is 19.6 Å². The van der Waals surface area contributed by atoms with Crippen LogP contribution in [0.5, 0.6) is 5.75 Å². The minimum atomic E-state index is 0.127. The number of hydrogen-bond donors (Lipinski definition) is 1. The fourth-order valence-corrected chi connectivity index (χ4v) is 6.48. The summed E-state index contributed by atoms with van der Waals surface area (Å²) in [7, 11) is 1.99. The second kappa shape index (κ2) is 8.41. The molecular formula is C37H23N3O2. The average Bonchev–Trinajstić information content (AvgIpc) is 3.56. The molecule has 0 fully saturated rings. The van der Waals surface area contributed by atoms with Gasteiger partial charge in [-0.3, -0.25) is 0 Å². The molecule has 1 N–H and O–H groups in total. The van der Waals surface area contributed by atoms with Gasteiger partial charge in [-0.1, -0.05) is 91.0 Å². The molecule has 5 heteroatoms. The van der Waals surface area contributed by atoms with Crippen molar-refractivity contribution in [2.45, 2.75) is 0 Å². The first-order valence-electron chi connectivity index (χ1n) is 14.0. The second-order valence-corrected chi connectivity index (χ2v) is 10.8. The lowest BCUT2D eigenvalue weighted by atomic mass is 9.97. The molecule has 5 nitrogen and oxygen atoms in total. The zero-order valence-corrected chi connectivity index (χ0v) is 22.7. The standard InChI is InChI=1S/C37H23N3O2/c1-40-30-15-8-14-27(35-25-13-5-4-11-23(25)26-18-17-21-9-2-3-10-22(21)34(26)38-35)36(30)39-37(40)29-19-28-24-12-6-7-16-32(24)42-33(28)20-31(29)41/h2-20,41H,1H3. The van der Waals surface area contributed by atoms with Crippen molar-refractivity contribution in [3.8, 4) is 28.4 Å². The van der Waals surface area contributed by atoms with Gasteiger partial charge in [0.25, 0.3) is 0 Å². The molecule has 0 aliphatic heterocycles. The van der Waals surface area contributed by atoms with Crippen LogP contribution in [0.3, 0.4) is 0 Å². The zero-order chi connectivity index (χ0) is 27.9. The smallest absolute Gasteiger partial charge is 0.144 e. The fourth-order valence-electron chi connectivity index (χ4n) is 6.48. The van der Waals surface area contributed by atoms with Crippen molar-refractivity contribution in [1.82, 2.24) is 14.5 Å². The van der Waals surface area contributed by atoms with Gasteiger partial charge in [0.05, 0.1) is 27.8 Å². The summed E-state index contributed by atoms with van der Waals surface area (Å²) in [6.45, 7) is 0. The van der Waals surface area contributed by atoms with E-state index in [2.05, 4.69) is 78.9 Å². The third kappa shape index (κ3) is 3.13. The molecule has 0 atom stereocenters. The first-order chi connectivity index (χ1) is 20.7. The van der Waals surface area contributed by atoms with Gasteiger partial charge in [0.2, 0.25) is 0 Å². The lowest BCUT2D eigenvalue weighted by Crippen LogP contribution is -1.93. The molecule has 0 radical (unpaired) electrons. The molecule has 0 spiro atoms. The van der Waals surface area contributed by atoms with Crippen LogP contribution in [0.2, 0.25) is 0 Å². The summed E-state index contributed by atoms with van der Waals surface area (Å²) >= 11 is 0. The SMILES string of the molecule is Cn1c(-c2cc3c(cc2O)oc2ccccc23)nc2c(-c3nc4c5ccccc5ccc4c4ccccc34)cccc21. The highest BCUT2D eigenvalue weighted by Crippen LogP contribution is 2.41. The third-order valence-corrected chi connectivity index (χ3v) is 8.50. The molecule has 198 valence electrons. The molecule has 9 aromatic rings. The largest absolute Gasteiger partial charge is 0.507 e. The minimum Gasteiger partial charge on any atom is -0.507 e. The van der Waals surface area contributed by atoms with Gasteiger partial charge in [-0.05, 0) is 29.0 Å². The predicted molar refractivity (Wildman–Crippen MR) is 171 cm³/mol. The Bertz CT molecular complexity index is 2560. The summed E-state index contributed by atoms with van der Waals surface area (Å²) in [6.07, 6.45) is 0. The molecule has 0 aliphatic carbocycles. The van der Waals surface area contributed by atoms with Crippen LogP contribution >= 0.6 is 0 Å². The minimum absolute atomic E-state index is 0.127. The van der Waals surface area contributed by atoms with Gasteiger partial charge < -0.3 is 14.1 Å². The summed E-state index contributed by atoms with van der Waals surface area (Å²) in [6, 6.07) is 39.0. The van der Waals surface area contributed by atoms with Crippen molar-refractivity contribution < 1.29 is 9.52 Å². The maximum absolute atomic E-state index is 11.2. The van der Waals surface area contributed by atoms with E-state index in [0.29, 0.717) is 17.0 Å². The Hall–Kier alpha value is -5.68. The van der Waals surface area contributed by atoms with E-state index in [1.54, 1.807) is 6.07 Å². The predicted octanol–water partition coefficient (Wildman–Crippen LogP) is 9.37. The molecule has 9 rings (SSSR count). The van der Waals surface area contributed by atoms with E-state index in [4.69, 9.17) is 14.4 Å². The molecular weight excluding hydrogens is 518 g/mol. The molecule has 3 aromatic heterocycles. The fraction of sp³-hybridized carbons (Fsp3) is 0.0270. The van der Waals surface area contributed by atoms with Gasteiger partial charge in [0, 0.05) is 45.6 Å². The van der Waals surface area contributed by atoms with E-state index in [1.807, 2.05) is 41.9 Å². The van der Waals surface area contributed by atoms with Gasteiger partial charge in [0.15, 0.2) is 0 Å². The third-order valence-electron chi connectivity index (χ3n) is 8.50. The highest BCUT2D eigenvalue weighted by molar-refractivity contribution is 6.19. The van der Waals surface area contributed by atoms with Crippen molar-refractivity contribution in [2.24, 2.45) is 7.05 Å². The van der Waals surface area contributed by atoms with E-state index >= 15 is 0 Å². The molecule has 3 heterocycles. The molecule has 0 unspecified atom stereocenters. The summed E-state index contributed by atoms with van der Waals surface area (Å²) in [5, 5.41) is 18.8. The Morgan fingerprint density at radius 1 is 0.571 bits per heavy atom. The van der Waals surface area contributed by atoms with Crippen LogP contribution < -0.4 is 0 Å². The Morgan fingerprint density at radius 3 is 2.21 bits per heavy atom. The molecule has 0 amide bonds. The van der Waals surface area contributed by atoms with E-state index < -0.39 is 0 Å². The number of phenols is 1. The number of benzene rings is 6. The maximum Gasteiger partial charge on any atom is 0.144 e. The molecule has 6 aromatic carbocycles. The molecule has 0 saturated heterocycles. The topological polar surface area (TPSA) is 64.1 Å². The first-order valence-corrected chi connectivity index (χ1v) is 14.0. The summed E-state index contributed by atoms with van der Waals surface area (Å²) in [5.74, 6) is 0.805. The molecule has 42 heavy (non-hydrogen) atoms. The Kier molecular flexibility index (Phi) is 4.62. The van der Waals surface area contributed by atoms with Crippen molar-refractivity contribution in [2.75, 3.05) is 0 Å². The van der Waals surface area contributed by atoms with Crippen molar-refractivity contribution >= 4 is 65.4 Å². The number of phenolic OH excluding ortho intramolecular Hbond substituents is 1. The zero-order valence-electron chi connectivity index (χ0n) is 22.7. The first kappa shape index (κ1) is 23.1. The van der Waals surface area contributed by atoms with Crippen LogP contribution in [0.15, 0.2) is 120 Å². The van der Waals surface area contributed by atoms with Crippen LogP contribution in [0.4, 0.5) is 0 Å². The van der Waals surface area contributed by atoms with Gasteiger partial charge >= 0.3 is 0 Å². The number of nitrogens with zero attached hydrogens (tertiary/aromatic N) is 3. The number of aromatic nitrogens is 3. The van der Waals surface area contributed by atoms with E-state index in [9.17, 15) is 5.11 Å². The Labute approximate surface area is 239 Å². The van der Waals surface area contributed by atoms with Crippen LogP contribution in [0.25, 0.3) is 88.1 Å². The summed E-state index contributed by atoms with van der Waals surface area (Å²) in [4.78, 5) is 10.5. The number of fused-ring (bicyclic) bond motifs is 9. The number of aromatic hydroxyl groups is 1. The highest BCUT2D eigenvalue weighted by atomic mass is 16.3. The normalized spacial score (nSPS) is 12.0. The summed E-state index contributed by atoms with van der Waals surface area (Å²) < 4.78 is 8.04. The maximum atomic E-state index is 11.2. The van der Waals surface area contributed by atoms with E-state index in [-0.39, 0.29) is 5.75 Å². The van der Waals surface area contributed by atoms with Crippen LogP contribution in [0.1, 0.15) is 0 Å². The Balaban J connectivity index is 1.34. The number of para-hydroxylation sites is 2. The molecule has 0 aliphatic rings. The number of pyridine rings is 1. The number of aryl methyl sites for hydroxylation is 1. The number of imidazole rings is 1. The van der Waals surface area contributed by atoms with Gasteiger partial charge in [-0.25, -0.2) is 9.97 Å². The highest BCUT2D eigenvalue weighted by Gasteiger charge is 2.21. The van der Waals surface area contributed by atoms with Gasteiger partial charge in [-0.15, -0.1) is 0 Å². The van der Waals surface area contributed by atoms with Crippen molar-refractivity contribution in [3.63, 3.8) is 0 Å². The Morgan fingerprint density at radius 2 is 1.33 bits per heavy atom. The average molecular weight is 542 g/mol. The van der Waals surface area contributed by atoms with Crippen molar-refractivity contribution in [1.29, 1.82) is 0 Å². The lowest BCUT2D eigenvalue weighted by molar-refractivity contribution is 0.476. The number of hydrogen-bond acceptors (Lipinski definition) is 4.